The Balaban J connectivity index is 2.51. The zero-order chi connectivity index (χ0) is 23.8. The number of esters is 1. The number of carbonyl (C=O) groups excluding carboxylic acids is 3. The molecular weight excluding hydrogens is 415 g/mol. The molecular formula is C24H33FN2O5. The first-order chi connectivity index (χ1) is 15.4. The molecule has 7 nitrogen and oxygen atoms in total. The Bertz CT molecular complexity index is 751. The summed E-state index contributed by atoms with van der Waals surface area (Å²) in [5.41, 5.74) is 0.831. The molecule has 0 radical (unpaired) electrons. The largest absolute Gasteiger partial charge is 0.464 e. The number of hydrogen-bond donors (Lipinski definition) is 3. The Morgan fingerprint density at radius 2 is 1.78 bits per heavy atom. The molecule has 0 aliphatic rings. The third kappa shape index (κ3) is 10.9. The van der Waals surface area contributed by atoms with Crippen molar-refractivity contribution in [3.8, 4) is 0 Å². The number of ether oxygens (including phenoxy) is 1. The number of carbonyl (C=O) groups is 3. The van der Waals surface area contributed by atoms with Gasteiger partial charge in [-0.3, -0.25) is 14.4 Å². The number of halogens is 1. The highest BCUT2D eigenvalue weighted by Gasteiger charge is 2.22. The Morgan fingerprint density at radius 1 is 1.06 bits per heavy atom. The number of allylic oxidation sites excluding steroid dienone is 2. The van der Waals surface area contributed by atoms with Crippen LogP contribution in [-0.4, -0.2) is 49.2 Å². The second kappa shape index (κ2) is 15.8. The molecule has 0 saturated heterocycles. The Morgan fingerprint density at radius 3 is 2.41 bits per heavy atom. The van der Waals surface area contributed by atoms with Gasteiger partial charge in [-0.05, 0) is 43.4 Å². The number of aliphatic hydroxyl groups excluding tert-OH is 1. The summed E-state index contributed by atoms with van der Waals surface area (Å²) in [6, 6.07) is 5.98. The summed E-state index contributed by atoms with van der Waals surface area (Å²) in [7, 11) is 0. The van der Waals surface area contributed by atoms with E-state index in [-0.39, 0.29) is 50.4 Å². The van der Waals surface area contributed by atoms with E-state index in [9.17, 15) is 18.8 Å². The molecule has 0 heterocycles. The third-order valence-electron chi connectivity index (χ3n) is 4.78. The van der Waals surface area contributed by atoms with E-state index in [0.29, 0.717) is 25.7 Å². The van der Waals surface area contributed by atoms with Crippen LogP contribution in [0.2, 0.25) is 0 Å². The molecule has 32 heavy (non-hydrogen) atoms. The van der Waals surface area contributed by atoms with Gasteiger partial charge in [0.15, 0.2) is 0 Å². The van der Waals surface area contributed by atoms with Crippen molar-refractivity contribution in [2.75, 3.05) is 26.3 Å². The molecule has 2 amide bonds. The van der Waals surface area contributed by atoms with Crippen molar-refractivity contribution in [1.29, 1.82) is 0 Å². The third-order valence-corrected chi connectivity index (χ3v) is 4.78. The van der Waals surface area contributed by atoms with Crippen LogP contribution in [0.15, 0.2) is 49.6 Å². The van der Waals surface area contributed by atoms with Crippen molar-refractivity contribution < 1.29 is 28.6 Å². The maximum absolute atomic E-state index is 13.1. The minimum Gasteiger partial charge on any atom is -0.464 e. The van der Waals surface area contributed by atoms with Gasteiger partial charge in [-0.1, -0.05) is 24.3 Å². The van der Waals surface area contributed by atoms with Gasteiger partial charge in [0.2, 0.25) is 11.8 Å². The maximum Gasteiger partial charge on any atom is 0.309 e. The van der Waals surface area contributed by atoms with E-state index in [4.69, 9.17) is 9.84 Å². The first kappa shape index (κ1) is 27.0. The average molecular weight is 449 g/mol. The molecule has 8 heteroatoms. The molecule has 0 saturated carbocycles. The number of nitrogens with one attached hydrogen (secondary N) is 2. The van der Waals surface area contributed by atoms with Gasteiger partial charge in [-0.15, -0.1) is 13.2 Å². The highest BCUT2D eigenvalue weighted by Crippen LogP contribution is 2.17. The molecule has 1 aromatic carbocycles. The lowest BCUT2D eigenvalue weighted by Gasteiger charge is -2.17. The average Bonchev–Trinajstić information content (AvgIpc) is 2.78. The van der Waals surface area contributed by atoms with Gasteiger partial charge < -0.3 is 20.5 Å². The molecule has 0 aromatic heterocycles. The monoisotopic (exact) mass is 448 g/mol. The lowest BCUT2D eigenvalue weighted by atomic mass is 9.95. The van der Waals surface area contributed by atoms with Crippen LogP contribution in [0.1, 0.15) is 31.2 Å². The summed E-state index contributed by atoms with van der Waals surface area (Å²) in [6.07, 6.45) is 5.18. The van der Waals surface area contributed by atoms with Crippen molar-refractivity contribution in [3.05, 3.63) is 61.0 Å². The minimum absolute atomic E-state index is 0.00387. The van der Waals surface area contributed by atoms with Gasteiger partial charge in [0.1, 0.15) is 12.4 Å². The van der Waals surface area contributed by atoms with Crippen molar-refractivity contribution in [2.24, 2.45) is 11.8 Å². The predicted molar refractivity (Wildman–Crippen MR) is 120 cm³/mol. The molecule has 176 valence electrons. The molecule has 0 aliphatic heterocycles. The second-order valence-corrected chi connectivity index (χ2v) is 7.35. The van der Waals surface area contributed by atoms with Gasteiger partial charge in [0, 0.05) is 13.0 Å². The number of aliphatic hydroxyl groups is 1. The van der Waals surface area contributed by atoms with Gasteiger partial charge in [-0.25, -0.2) is 4.39 Å². The van der Waals surface area contributed by atoms with Crippen LogP contribution in [0.3, 0.4) is 0 Å². The zero-order valence-corrected chi connectivity index (χ0v) is 18.4. The summed E-state index contributed by atoms with van der Waals surface area (Å²) in [5.74, 6) is -2.40. The molecule has 2 atom stereocenters. The lowest BCUT2D eigenvalue weighted by Crippen LogP contribution is -2.37. The fourth-order valence-electron chi connectivity index (χ4n) is 3.09. The van der Waals surface area contributed by atoms with Crippen LogP contribution >= 0.6 is 0 Å². The molecule has 1 rings (SSSR count). The van der Waals surface area contributed by atoms with Crippen molar-refractivity contribution in [3.63, 3.8) is 0 Å². The fourth-order valence-corrected chi connectivity index (χ4v) is 3.09. The van der Waals surface area contributed by atoms with Crippen LogP contribution < -0.4 is 10.6 Å². The zero-order valence-electron chi connectivity index (χ0n) is 18.4. The summed E-state index contributed by atoms with van der Waals surface area (Å²) in [5, 5.41) is 13.9. The smallest absolute Gasteiger partial charge is 0.309 e. The van der Waals surface area contributed by atoms with Gasteiger partial charge in [0.05, 0.1) is 25.0 Å². The van der Waals surface area contributed by atoms with Gasteiger partial charge in [-0.2, -0.15) is 0 Å². The van der Waals surface area contributed by atoms with Crippen molar-refractivity contribution in [2.45, 2.75) is 32.1 Å². The minimum atomic E-state index is -0.597. The van der Waals surface area contributed by atoms with E-state index in [2.05, 4.69) is 23.8 Å². The number of hydrogen-bond acceptors (Lipinski definition) is 5. The van der Waals surface area contributed by atoms with Crippen molar-refractivity contribution in [1.82, 2.24) is 10.6 Å². The molecule has 0 bridgehead atoms. The summed E-state index contributed by atoms with van der Waals surface area (Å²) in [6.45, 7) is 7.34. The Hall–Kier alpha value is -3.00. The number of benzene rings is 1. The standard InChI is InChI=1S/C24H33FN2O5/c1-3-5-7-20(16-18-8-10-21(25)11-9-18)24(31)32-15-13-27-23(30)19(6-4-2)17-22(29)26-12-14-28/h3-4,8-11,19-20,28H,1-2,5-7,12-17H2,(H,26,29)(H,27,30)/t19-,20+/m1/s1. The first-order valence-electron chi connectivity index (χ1n) is 10.7. The van der Waals surface area contributed by atoms with Gasteiger partial charge in [0.25, 0.3) is 0 Å². The van der Waals surface area contributed by atoms with Crippen molar-refractivity contribution >= 4 is 17.8 Å². The number of rotatable bonds is 16. The molecule has 0 fully saturated rings. The molecule has 0 unspecified atom stereocenters. The van der Waals surface area contributed by atoms with E-state index in [1.54, 1.807) is 24.3 Å². The maximum atomic E-state index is 13.1. The first-order valence-corrected chi connectivity index (χ1v) is 10.7. The van der Waals surface area contributed by atoms with E-state index < -0.39 is 17.8 Å². The van der Waals surface area contributed by atoms with Gasteiger partial charge >= 0.3 is 5.97 Å². The van der Waals surface area contributed by atoms with Crippen LogP contribution in [0.25, 0.3) is 0 Å². The molecule has 3 N–H and O–H groups in total. The van der Waals surface area contributed by atoms with E-state index in [1.165, 1.54) is 12.1 Å². The van der Waals surface area contributed by atoms with Crippen LogP contribution in [-0.2, 0) is 25.5 Å². The molecule has 0 spiro atoms. The summed E-state index contributed by atoms with van der Waals surface area (Å²) < 4.78 is 18.4. The van der Waals surface area contributed by atoms with E-state index >= 15 is 0 Å². The van der Waals surface area contributed by atoms with E-state index in [0.717, 1.165) is 5.56 Å². The van der Waals surface area contributed by atoms with Crippen LogP contribution in [0, 0.1) is 17.7 Å². The normalized spacial score (nSPS) is 12.3. The Kier molecular flexibility index (Phi) is 13.3. The highest BCUT2D eigenvalue weighted by molar-refractivity contribution is 5.85. The Labute approximate surface area is 188 Å². The SMILES string of the molecule is C=CCC[C@@H](Cc1ccc(F)cc1)C(=O)OCCNC(=O)[C@H](CC=C)CC(=O)NCCO. The summed E-state index contributed by atoms with van der Waals surface area (Å²) >= 11 is 0. The highest BCUT2D eigenvalue weighted by atomic mass is 19.1. The lowest BCUT2D eigenvalue weighted by molar-refractivity contribution is -0.149. The van der Waals surface area contributed by atoms with Crippen LogP contribution in [0.5, 0.6) is 0 Å². The number of amides is 2. The second-order valence-electron chi connectivity index (χ2n) is 7.35. The summed E-state index contributed by atoms with van der Waals surface area (Å²) in [4.78, 5) is 36.7. The molecule has 0 aliphatic carbocycles. The van der Waals surface area contributed by atoms with E-state index in [1.807, 2.05) is 0 Å². The predicted octanol–water partition coefficient (Wildman–Crippen LogP) is 2.30. The van der Waals surface area contributed by atoms with Crippen LogP contribution in [0.4, 0.5) is 4.39 Å². The quantitative estimate of drug-likeness (QED) is 0.205. The topological polar surface area (TPSA) is 105 Å². The molecule has 1 aromatic rings. The fraction of sp³-hybridized carbons (Fsp3) is 0.458.